The molecule has 0 radical (unpaired) electrons. The molecule has 1 saturated heterocycles. The molecular weight excluding hydrogens is 274 g/mol. The Bertz CT molecular complexity index is 397. The first-order valence-corrected chi connectivity index (χ1v) is 9.38. The van der Waals surface area contributed by atoms with E-state index < -0.39 is 0 Å². The highest BCUT2D eigenvalue weighted by Gasteiger charge is 2.61. The third-order valence-electron chi connectivity index (χ3n) is 7.59. The first kappa shape index (κ1) is 16.7. The number of ether oxygens (including phenoxy) is 1. The van der Waals surface area contributed by atoms with E-state index in [0.717, 1.165) is 19.0 Å². The Kier molecular flexibility index (Phi) is 4.61. The van der Waals surface area contributed by atoms with E-state index in [0.29, 0.717) is 29.6 Å². The predicted molar refractivity (Wildman–Crippen MR) is 89.9 cm³/mol. The van der Waals surface area contributed by atoms with Gasteiger partial charge in [-0.25, -0.2) is 0 Å². The Morgan fingerprint density at radius 3 is 2.59 bits per heavy atom. The third-order valence-corrected chi connectivity index (χ3v) is 7.59. The van der Waals surface area contributed by atoms with Crippen molar-refractivity contribution in [3.63, 3.8) is 0 Å². The molecule has 3 nitrogen and oxygen atoms in total. The molecule has 1 aliphatic heterocycles. The van der Waals surface area contributed by atoms with Crippen molar-refractivity contribution >= 4 is 0 Å². The minimum atomic E-state index is -0.341. The molecule has 2 bridgehead atoms. The average molecular weight is 309 g/mol. The highest BCUT2D eigenvalue weighted by atomic mass is 16.5. The van der Waals surface area contributed by atoms with E-state index in [2.05, 4.69) is 32.6 Å². The van der Waals surface area contributed by atoms with Crippen LogP contribution in [0.15, 0.2) is 0 Å². The lowest BCUT2D eigenvalue weighted by molar-refractivity contribution is -0.0816. The van der Waals surface area contributed by atoms with Crippen LogP contribution in [0.3, 0.4) is 0 Å². The number of hydrogen-bond donors (Lipinski definition) is 1. The SMILES string of the molecule is C[C@@H]1CCCCN1C[C@@H](O)CO[C@@H]1C[C@H]2CC[C@@]1(C)C2(C)C. The number of fused-ring (bicyclic) bond motifs is 2. The topological polar surface area (TPSA) is 32.7 Å². The van der Waals surface area contributed by atoms with Gasteiger partial charge in [0.1, 0.15) is 0 Å². The van der Waals surface area contributed by atoms with Crippen molar-refractivity contribution in [2.45, 2.75) is 84.5 Å². The standard InChI is InChI=1S/C19H35NO2/c1-14-7-5-6-10-20(14)12-16(21)13-22-17-11-15-8-9-19(17,4)18(15,2)3/h14-17,21H,5-13H2,1-4H3/t14-,15-,16-,17-,19-/m1/s1. The lowest BCUT2D eigenvalue weighted by Crippen LogP contribution is -2.44. The van der Waals surface area contributed by atoms with E-state index in [4.69, 9.17) is 4.74 Å². The summed E-state index contributed by atoms with van der Waals surface area (Å²) < 4.78 is 6.24. The second-order valence-corrected chi connectivity index (χ2v) is 8.93. The van der Waals surface area contributed by atoms with Crippen LogP contribution in [-0.4, -0.2) is 48.0 Å². The number of hydrogen-bond acceptors (Lipinski definition) is 3. The fraction of sp³-hybridized carbons (Fsp3) is 1.00. The summed E-state index contributed by atoms with van der Waals surface area (Å²) >= 11 is 0. The highest BCUT2D eigenvalue weighted by Crippen LogP contribution is 2.66. The van der Waals surface area contributed by atoms with Gasteiger partial charge in [0.2, 0.25) is 0 Å². The summed E-state index contributed by atoms with van der Waals surface area (Å²) in [6.45, 7) is 11.9. The van der Waals surface area contributed by atoms with Gasteiger partial charge in [0.15, 0.2) is 0 Å². The van der Waals surface area contributed by atoms with Crippen LogP contribution in [-0.2, 0) is 4.74 Å². The van der Waals surface area contributed by atoms with Crippen molar-refractivity contribution in [3.05, 3.63) is 0 Å². The quantitative estimate of drug-likeness (QED) is 0.844. The van der Waals surface area contributed by atoms with E-state index in [1.54, 1.807) is 0 Å². The number of β-amino-alcohol motifs (C(OH)–C–C–N with tert-alkyl or cyclic N) is 1. The molecule has 1 N–H and O–H groups in total. The lowest BCUT2D eigenvalue weighted by atomic mass is 9.70. The smallest absolute Gasteiger partial charge is 0.0900 e. The maximum absolute atomic E-state index is 10.4. The van der Waals surface area contributed by atoms with Crippen LogP contribution in [0.25, 0.3) is 0 Å². The Morgan fingerprint density at radius 1 is 1.23 bits per heavy atom. The second kappa shape index (κ2) is 6.07. The lowest BCUT2D eigenvalue weighted by Gasteiger charge is -2.39. The maximum Gasteiger partial charge on any atom is 0.0900 e. The summed E-state index contributed by atoms with van der Waals surface area (Å²) in [6, 6.07) is 0.613. The fourth-order valence-electron chi connectivity index (χ4n) is 5.36. The zero-order chi connectivity index (χ0) is 16.0. The second-order valence-electron chi connectivity index (χ2n) is 8.93. The van der Waals surface area contributed by atoms with Gasteiger partial charge in [-0.15, -0.1) is 0 Å². The molecule has 0 unspecified atom stereocenters. The van der Waals surface area contributed by atoms with Crippen LogP contribution in [0.4, 0.5) is 0 Å². The predicted octanol–water partition coefficient (Wildman–Crippen LogP) is 3.45. The molecule has 3 rings (SSSR count). The molecule has 3 fully saturated rings. The van der Waals surface area contributed by atoms with Crippen molar-refractivity contribution in [1.29, 1.82) is 0 Å². The minimum absolute atomic E-state index is 0.301. The van der Waals surface area contributed by atoms with Crippen LogP contribution in [0, 0.1) is 16.7 Å². The minimum Gasteiger partial charge on any atom is -0.389 e. The summed E-state index contributed by atoms with van der Waals surface area (Å²) in [5.74, 6) is 0.807. The molecule has 2 aliphatic carbocycles. The van der Waals surface area contributed by atoms with Crippen molar-refractivity contribution < 1.29 is 9.84 Å². The van der Waals surface area contributed by atoms with Crippen LogP contribution in [0.2, 0.25) is 0 Å². The Hall–Kier alpha value is -0.120. The molecule has 3 aliphatic rings. The monoisotopic (exact) mass is 309 g/mol. The highest BCUT2D eigenvalue weighted by molar-refractivity contribution is 5.11. The molecule has 0 amide bonds. The van der Waals surface area contributed by atoms with Gasteiger partial charge in [0.25, 0.3) is 0 Å². The van der Waals surface area contributed by atoms with Crippen molar-refractivity contribution in [2.24, 2.45) is 16.7 Å². The molecule has 1 heterocycles. The summed E-state index contributed by atoms with van der Waals surface area (Å²) in [6.07, 6.45) is 7.71. The maximum atomic E-state index is 10.4. The molecule has 0 spiro atoms. The zero-order valence-corrected chi connectivity index (χ0v) is 15.0. The average Bonchev–Trinajstić information content (AvgIpc) is 2.80. The van der Waals surface area contributed by atoms with Crippen molar-refractivity contribution in [1.82, 2.24) is 4.90 Å². The van der Waals surface area contributed by atoms with Crippen LogP contribution < -0.4 is 0 Å². The first-order valence-electron chi connectivity index (χ1n) is 9.38. The van der Waals surface area contributed by atoms with Gasteiger partial charge >= 0.3 is 0 Å². The Balaban J connectivity index is 1.49. The largest absolute Gasteiger partial charge is 0.389 e. The third kappa shape index (κ3) is 2.74. The number of nitrogens with zero attached hydrogens (tertiary/aromatic N) is 1. The number of rotatable bonds is 5. The van der Waals surface area contributed by atoms with E-state index in [1.165, 1.54) is 38.5 Å². The Labute approximate surface area is 136 Å². The van der Waals surface area contributed by atoms with Gasteiger partial charge in [0.05, 0.1) is 18.8 Å². The summed E-state index contributed by atoms with van der Waals surface area (Å²) in [5, 5.41) is 10.4. The van der Waals surface area contributed by atoms with Gasteiger partial charge in [-0.05, 0) is 62.3 Å². The number of aliphatic hydroxyl groups is 1. The number of likely N-dealkylation sites (tertiary alicyclic amines) is 1. The molecule has 128 valence electrons. The molecule has 0 aromatic rings. The molecule has 22 heavy (non-hydrogen) atoms. The Morgan fingerprint density at radius 2 is 2.00 bits per heavy atom. The summed E-state index contributed by atoms with van der Waals surface area (Å²) in [5.41, 5.74) is 0.694. The van der Waals surface area contributed by atoms with Crippen molar-refractivity contribution in [3.8, 4) is 0 Å². The molecule has 5 atom stereocenters. The van der Waals surface area contributed by atoms with Gasteiger partial charge in [-0.1, -0.05) is 27.2 Å². The van der Waals surface area contributed by atoms with E-state index in [9.17, 15) is 5.11 Å². The first-order chi connectivity index (χ1) is 10.3. The fourth-order valence-corrected chi connectivity index (χ4v) is 5.36. The zero-order valence-electron chi connectivity index (χ0n) is 15.0. The van der Waals surface area contributed by atoms with E-state index >= 15 is 0 Å². The van der Waals surface area contributed by atoms with Crippen molar-refractivity contribution in [2.75, 3.05) is 19.7 Å². The van der Waals surface area contributed by atoms with Gasteiger partial charge in [-0.3, -0.25) is 4.90 Å². The van der Waals surface area contributed by atoms with Gasteiger partial charge in [0, 0.05) is 12.6 Å². The molecule has 2 saturated carbocycles. The summed E-state index contributed by atoms with van der Waals surface area (Å²) in [4.78, 5) is 2.43. The number of piperidine rings is 1. The van der Waals surface area contributed by atoms with E-state index in [1.807, 2.05) is 0 Å². The molecule has 0 aromatic carbocycles. The summed E-state index contributed by atoms with van der Waals surface area (Å²) in [7, 11) is 0. The molecule has 0 aromatic heterocycles. The normalized spacial score (nSPS) is 42.7. The van der Waals surface area contributed by atoms with Crippen LogP contribution in [0.5, 0.6) is 0 Å². The van der Waals surface area contributed by atoms with E-state index in [-0.39, 0.29) is 6.10 Å². The molecule has 3 heteroatoms. The van der Waals surface area contributed by atoms with Gasteiger partial charge < -0.3 is 9.84 Å². The van der Waals surface area contributed by atoms with Gasteiger partial charge in [-0.2, -0.15) is 0 Å². The van der Waals surface area contributed by atoms with Crippen LogP contribution in [0.1, 0.15) is 66.2 Å². The van der Waals surface area contributed by atoms with Crippen LogP contribution >= 0.6 is 0 Å². The number of aliphatic hydroxyl groups excluding tert-OH is 1. The molecular formula is C19H35NO2.